The van der Waals surface area contributed by atoms with Gasteiger partial charge in [0.2, 0.25) is 5.91 Å². The maximum atomic E-state index is 13.3. The van der Waals surface area contributed by atoms with Crippen LogP contribution in [0.1, 0.15) is 6.42 Å². The number of nitrogens with one attached hydrogen (secondary N) is 2. The number of amides is 1. The number of halogens is 1. The van der Waals surface area contributed by atoms with Crippen LogP contribution in [0.3, 0.4) is 0 Å². The second-order valence-electron chi connectivity index (χ2n) is 4.94. The molecular weight excluding hydrogens is 263 g/mol. The van der Waals surface area contributed by atoms with E-state index in [0.717, 1.165) is 6.54 Å². The molecule has 1 saturated heterocycles. The molecule has 1 atom stereocenters. The first-order valence-electron chi connectivity index (χ1n) is 6.46. The van der Waals surface area contributed by atoms with Gasteiger partial charge in [-0.2, -0.15) is 0 Å². The van der Waals surface area contributed by atoms with E-state index in [-0.39, 0.29) is 11.7 Å². The van der Waals surface area contributed by atoms with Crippen molar-refractivity contribution < 1.29 is 18.7 Å². The van der Waals surface area contributed by atoms with E-state index in [1.165, 1.54) is 25.3 Å². The van der Waals surface area contributed by atoms with E-state index >= 15 is 0 Å². The van der Waals surface area contributed by atoms with E-state index in [1.54, 1.807) is 7.11 Å². The SMILES string of the molecule is COCC1(C(=O)Nc2ccc(F)c(OC)c2)CCNC1. The van der Waals surface area contributed by atoms with Crippen molar-refractivity contribution in [2.45, 2.75) is 6.42 Å². The molecule has 2 N–H and O–H groups in total. The van der Waals surface area contributed by atoms with Crippen LogP contribution in [0.2, 0.25) is 0 Å². The van der Waals surface area contributed by atoms with E-state index in [2.05, 4.69) is 10.6 Å². The molecule has 1 fully saturated rings. The van der Waals surface area contributed by atoms with Gasteiger partial charge < -0.3 is 20.1 Å². The maximum Gasteiger partial charge on any atom is 0.234 e. The average Bonchev–Trinajstić information content (AvgIpc) is 2.91. The topological polar surface area (TPSA) is 59.6 Å². The van der Waals surface area contributed by atoms with Gasteiger partial charge in [-0.1, -0.05) is 0 Å². The highest BCUT2D eigenvalue weighted by Gasteiger charge is 2.41. The van der Waals surface area contributed by atoms with Crippen LogP contribution in [0, 0.1) is 11.2 Å². The lowest BCUT2D eigenvalue weighted by Crippen LogP contribution is -2.41. The van der Waals surface area contributed by atoms with Crippen molar-refractivity contribution in [2.24, 2.45) is 5.41 Å². The van der Waals surface area contributed by atoms with Crippen molar-refractivity contribution >= 4 is 11.6 Å². The standard InChI is InChI=1S/C14H19FN2O3/c1-19-9-14(5-6-16-8-14)13(18)17-10-3-4-11(15)12(7-10)20-2/h3-4,7,16H,5-6,8-9H2,1-2H3,(H,17,18). The van der Waals surface area contributed by atoms with E-state index in [0.29, 0.717) is 25.3 Å². The zero-order chi connectivity index (χ0) is 14.6. The van der Waals surface area contributed by atoms with Crippen molar-refractivity contribution in [1.29, 1.82) is 0 Å². The van der Waals surface area contributed by atoms with Gasteiger partial charge in [-0.15, -0.1) is 0 Å². The molecular formula is C14H19FN2O3. The first-order chi connectivity index (χ1) is 9.61. The third-order valence-corrected chi connectivity index (χ3v) is 3.56. The fourth-order valence-electron chi connectivity index (χ4n) is 2.40. The molecule has 2 rings (SSSR count). The maximum absolute atomic E-state index is 13.3. The lowest BCUT2D eigenvalue weighted by atomic mass is 9.87. The molecule has 1 heterocycles. The molecule has 1 aliphatic rings. The zero-order valence-electron chi connectivity index (χ0n) is 11.7. The second-order valence-corrected chi connectivity index (χ2v) is 4.94. The highest BCUT2D eigenvalue weighted by molar-refractivity contribution is 5.96. The molecule has 110 valence electrons. The quantitative estimate of drug-likeness (QED) is 0.857. The van der Waals surface area contributed by atoms with Gasteiger partial charge in [0.1, 0.15) is 0 Å². The summed E-state index contributed by atoms with van der Waals surface area (Å²) in [4.78, 5) is 12.4. The van der Waals surface area contributed by atoms with Crippen LogP contribution in [0.25, 0.3) is 0 Å². The summed E-state index contributed by atoms with van der Waals surface area (Å²) in [7, 11) is 2.96. The summed E-state index contributed by atoms with van der Waals surface area (Å²) in [5.74, 6) is -0.481. The minimum atomic E-state index is -0.573. The molecule has 20 heavy (non-hydrogen) atoms. The Kier molecular flexibility index (Phi) is 4.57. The molecule has 1 unspecified atom stereocenters. The Bertz CT molecular complexity index is 487. The fraction of sp³-hybridized carbons (Fsp3) is 0.500. The Labute approximate surface area is 117 Å². The van der Waals surface area contributed by atoms with Gasteiger partial charge >= 0.3 is 0 Å². The summed E-state index contributed by atoms with van der Waals surface area (Å²) in [6, 6.07) is 4.25. The summed E-state index contributed by atoms with van der Waals surface area (Å²) < 4.78 is 23.4. The van der Waals surface area contributed by atoms with Crippen molar-refractivity contribution in [3.8, 4) is 5.75 Å². The summed E-state index contributed by atoms with van der Waals surface area (Å²) in [5, 5.41) is 5.98. The molecule has 5 nitrogen and oxygen atoms in total. The number of methoxy groups -OCH3 is 2. The third-order valence-electron chi connectivity index (χ3n) is 3.56. The fourth-order valence-corrected chi connectivity index (χ4v) is 2.40. The molecule has 0 bridgehead atoms. The van der Waals surface area contributed by atoms with Crippen LogP contribution in [0.4, 0.5) is 10.1 Å². The molecule has 1 aromatic carbocycles. The minimum absolute atomic E-state index is 0.105. The normalized spacial score (nSPS) is 21.8. The van der Waals surface area contributed by atoms with Gasteiger partial charge in [0.25, 0.3) is 0 Å². The van der Waals surface area contributed by atoms with Gasteiger partial charge in [-0.25, -0.2) is 4.39 Å². The molecule has 1 amide bonds. The van der Waals surface area contributed by atoms with Crippen molar-refractivity contribution in [3.05, 3.63) is 24.0 Å². The highest BCUT2D eigenvalue weighted by Crippen LogP contribution is 2.29. The first-order valence-corrected chi connectivity index (χ1v) is 6.46. The van der Waals surface area contributed by atoms with Gasteiger partial charge in [-0.3, -0.25) is 4.79 Å². The summed E-state index contributed by atoms with van der Waals surface area (Å²) >= 11 is 0. The van der Waals surface area contributed by atoms with Crippen LogP contribution in [0.5, 0.6) is 5.75 Å². The number of ether oxygens (including phenoxy) is 2. The Morgan fingerprint density at radius 1 is 1.50 bits per heavy atom. The number of hydrogen-bond donors (Lipinski definition) is 2. The van der Waals surface area contributed by atoms with Crippen LogP contribution in [-0.2, 0) is 9.53 Å². The minimum Gasteiger partial charge on any atom is -0.494 e. The number of rotatable bonds is 5. The molecule has 1 aromatic rings. The zero-order valence-corrected chi connectivity index (χ0v) is 11.7. The first kappa shape index (κ1) is 14.7. The Morgan fingerprint density at radius 2 is 2.30 bits per heavy atom. The average molecular weight is 282 g/mol. The van der Waals surface area contributed by atoms with Crippen LogP contribution in [0.15, 0.2) is 18.2 Å². The van der Waals surface area contributed by atoms with Gasteiger partial charge in [0.15, 0.2) is 11.6 Å². The summed E-state index contributed by atoms with van der Waals surface area (Å²) in [5.41, 5.74) is -0.0632. The monoisotopic (exact) mass is 282 g/mol. The molecule has 6 heteroatoms. The Morgan fingerprint density at radius 3 is 2.90 bits per heavy atom. The molecule has 0 saturated carbocycles. The molecule has 0 aliphatic carbocycles. The number of benzene rings is 1. The third kappa shape index (κ3) is 2.91. The predicted molar refractivity (Wildman–Crippen MR) is 73.4 cm³/mol. The van der Waals surface area contributed by atoms with Crippen molar-refractivity contribution in [3.63, 3.8) is 0 Å². The van der Waals surface area contributed by atoms with Crippen LogP contribution >= 0.6 is 0 Å². The number of anilines is 1. The smallest absolute Gasteiger partial charge is 0.234 e. The predicted octanol–water partition coefficient (Wildman–Crippen LogP) is 1.40. The number of carbonyl (C=O) groups is 1. The van der Waals surface area contributed by atoms with Crippen LogP contribution < -0.4 is 15.4 Å². The van der Waals surface area contributed by atoms with Crippen molar-refractivity contribution in [1.82, 2.24) is 5.32 Å². The summed E-state index contributed by atoms with van der Waals surface area (Å²) in [6.07, 6.45) is 0.713. The van der Waals surface area contributed by atoms with E-state index in [9.17, 15) is 9.18 Å². The molecule has 1 aliphatic heterocycles. The molecule has 0 radical (unpaired) electrons. The van der Waals surface area contributed by atoms with Crippen LogP contribution in [-0.4, -0.2) is 39.8 Å². The Hall–Kier alpha value is -1.66. The lowest BCUT2D eigenvalue weighted by Gasteiger charge is -2.26. The summed E-state index contributed by atoms with van der Waals surface area (Å²) in [6.45, 7) is 1.71. The van der Waals surface area contributed by atoms with E-state index in [1.807, 2.05) is 0 Å². The molecule has 0 spiro atoms. The largest absolute Gasteiger partial charge is 0.494 e. The van der Waals surface area contributed by atoms with Gasteiger partial charge in [0.05, 0.1) is 19.1 Å². The van der Waals surface area contributed by atoms with Gasteiger partial charge in [-0.05, 0) is 25.1 Å². The van der Waals surface area contributed by atoms with Crippen molar-refractivity contribution in [2.75, 3.05) is 39.2 Å². The number of carbonyl (C=O) groups excluding carboxylic acids is 1. The second kappa shape index (κ2) is 6.19. The molecule has 0 aromatic heterocycles. The lowest BCUT2D eigenvalue weighted by molar-refractivity contribution is -0.127. The Balaban J connectivity index is 2.14. The van der Waals surface area contributed by atoms with Gasteiger partial charge in [0, 0.05) is 25.4 Å². The van der Waals surface area contributed by atoms with E-state index in [4.69, 9.17) is 9.47 Å². The van der Waals surface area contributed by atoms with E-state index < -0.39 is 11.2 Å². The highest BCUT2D eigenvalue weighted by atomic mass is 19.1. The number of hydrogen-bond acceptors (Lipinski definition) is 4.